The fourth-order valence-corrected chi connectivity index (χ4v) is 1.88. The van der Waals surface area contributed by atoms with Crippen molar-refractivity contribution in [2.75, 3.05) is 13.1 Å². The van der Waals surface area contributed by atoms with Crippen LogP contribution in [0.2, 0.25) is 0 Å². The molecule has 1 heterocycles. The number of amides is 1. The summed E-state index contributed by atoms with van der Waals surface area (Å²) in [7, 11) is 0. The molecule has 0 aromatic carbocycles. The van der Waals surface area contributed by atoms with Crippen molar-refractivity contribution in [2.24, 2.45) is 11.8 Å². The smallest absolute Gasteiger partial charge is 0.410 e. The number of hydrogen-bond acceptors (Lipinski definition) is 3. The molecule has 0 bridgehead atoms. The zero-order chi connectivity index (χ0) is 12.5. The summed E-state index contributed by atoms with van der Waals surface area (Å²) in [6.45, 7) is 10.2. The zero-order valence-electron chi connectivity index (χ0n) is 10.7. The zero-order valence-corrected chi connectivity index (χ0v) is 10.7. The Kier molecular flexibility index (Phi) is 3.61. The first kappa shape index (κ1) is 13.0. The average molecular weight is 227 g/mol. The van der Waals surface area contributed by atoms with Crippen LogP contribution in [0.1, 0.15) is 34.6 Å². The number of hydrogen-bond donors (Lipinski definition) is 0. The Labute approximate surface area is 96.9 Å². The van der Waals surface area contributed by atoms with E-state index < -0.39 is 5.60 Å². The Balaban J connectivity index is 2.62. The van der Waals surface area contributed by atoms with Crippen molar-refractivity contribution in [1.29, 1.82) is 0 Å². The van der Waals surface area contributed by atoms with Gasteiger partial charge in [0.2, 0.25) is 0 Å². The molecule has 92 valence electrons. The molecule has 4 nitrogen and oxygen atoms in total. The van der Waals surface area contributed by atoms with E-state index in [0.717, 1.165) is 0 Å². The number of carbonyl (C=O) groups excluding carboxylic acids is 2. The minimum Gasteiger partial charge on any atom is -0.444 e. The molecule has 0 aromatic rings. The van der Waals surface area contributed by atoms with Crippen molar-refractivity contribution < 1.29 is 14.3 Å². The van der Waals surface area contributed by atoms with Crippen LogP contribution < -0.4 is 0 Å². The summed E-state index contributed by atoms with van der Waals surface area (Å²) in [6.07, 6.45) is -0.321. The fraction of sp³-hybridized carbons (Fsp3) is 0.833. The van der Waals surface area contributed by atoms with Gasteiger partial charge in [0.15, 0.2) is 0 Å². The van der Waals surface area contributed by atoms with Gasteiger partial charge < -0.3 is 9.64 Å². The minimum absolute atomic E-state index is 0.0868. The van der Waals surface area contributed by atoms with Gasteiger partial charge in [0, 0.05) is 24.9 Å². The standard InChI is InChI=1S/C12H21NO3/c1-8-6-13(7-9(2)10(8)14)11(15)16-12(3,4)5/h8-9H,6-7H2,1-5H3. The molecular formula is C12H21NO3. The second-order valence-electron chi connectivity index (χ2n) is 5.59. The summed E-state index contributed by atoms with van der Waals surface area (Å²) < 4.78 is 5.28. The number of nitrogens with zero attached hydrogens (tertiary/aromatic N) is 1. The third-order valence-electron chi connectivity index (χ3n) is 2.61. The maximum atomic E-state index is 11.8. The van der Waals surface area contributed by atoms with Gasteiger partial charge in [0.05, 0.1) is 0 Å². The molecule has 1 amide bonds. The third-order valence-corrected chi connectivity index (χ3v) is 2.61. The molecule has 1 rings (SSSR count). The summed E-state index contributed by atoms with van der Waals surface area (Å²) in [6, 6.07) is 0. The average Bonchev–Trinajstić information content (AvgIpc) is 2.10. The van der Waals surface area contributed by atoms with E-state index in [0.29, 0.717) is 13.1 Å². The molecule has 1 aliphatic heterocycles. The van der Waals surface area contributed by atoms with E-state index in [-0.39, 0.29) is 23.7 Å². The van der Waals surface area contributed by atoms with E-state index in [1.165, 1.54) is 0 Å². The molecule has 1 aliphatic rings. The minimum atomic E-state index is -0.481. The van der Waals surface area contributed by atoms with Gasteiger partial charge in [-0.1, -0.05) is 13.8 Å². The van der Waals surface area contributed by atoms with Crippen LogP contribution in [0, 0.1) is 11.8 Å². The predicted octanol–water partition coefficient (Wildman–Crippen LogP) is 2.08. The van der Waals surface area contributed by atoms with Crippen LogP contribution in [0.3, 0.4) is 0 Å². The first-order chi connectivity index (χ1) is 7.20. The number of carbonyl (C=O) groups is 2. The monoisotopic (exact) mass is 227 g/mol. The lowest BCUT2D eigenvalue weighted by molar-refractivity contribution is -0.129. The first-order valence-corrected chi connectivity index (χ1v) is 5.72. The summed E-state index contributed by atoms with van der Waals surface area (Å²) in [4.78, 5) is 25.0. The second-order valence-corrected chi connectivity index (χ2v) is 5.59. The van der Waals surface area contributed by atoms with Gasteiger partial charge in [-0.2, -0.15) is 0 Å². The van der Waals surface area contributed by atoms with Crippen LogP contribution in [0.25, 0.3) is 0 Å². The van der Waals surface area contributed by atoms with Crippen LogP contribution in [-0.4, -0.2) is 35.5 Å². The lowest BCUT2D eigenvalue weighted by Gasteiger charge is -2.35. The van der Waals surface area contributed by atoms with Crippen LogP contribution >= 0.6 is 0 Å². The molecule has 0 N–H and O–H groups in total. The van der Waals surface area contributed by atoms with Gasteiger partial charge in [-0.3, -0.25) is 4.79 Å². The number of rotatable bonds is 0. The largest absolute Gasteiger partial charge is 0.444 e. The molecule has 0 radical (unpaired) electrons. The maximum Gasteiger partial charge on any atom is 0.410 e. The normalized spacial score (nSPS) is 26.8. The van der Waals surface area contributed by atoms with Crippen LogP contribution in [0.15, 0.2) is 0 Å². The van der Waals surface area contributed by atoms with Crippen molar-refractivity contribution in [3.05, 3.63) is 0 Å². The summed E-state index contributed by atoms with van der Waals surface area (Å²) in [5.74, 6) is 0.0624. The lowest BCUT2D eigenvalue weighted by atomic mass is 9.90. The maximum absolute atomic E-state index is 11.8. The van der Waals surface area contributed by atoms with E-state index in [2.05, 4.69) is 0 Å². The van der Waals surface area contributed by atoms with E-state index in [4.69, 9.17) is 4.74 Å². The highest BCUT2D eigenvalue weighted by Gasteiger charge is 2.34. The topological polar surface area (TPSA) is 46.6 Å². The first-order valence-electron chi connectivity index (χ1n) is 5.72. The summed E-state index contributed by atoms with van der Waals surface area (Å²) in [5, 5.41) is 0. The second kappa shape index (κ2) is 4.44. The number of ketones is 1. The highest BCUT2D eigenvalue weighted by Crippen LogP contribution is 2.20. The quantitative estimate of drug-likeness (QED) is 0.636. The van der Waals surface area contributed by atoms with Gasteiger partial charge in [-0.25, -0.2) is 4.79 Å². The van der Waals surface area contributed by atoms with E-state index in [1.807, 2.05) is 34.6 Å². The summed E-state index contributed by atoms with van der Waals surface area (Å²) in [5.41, 5.74) is -0.481. The molecule has 1 saturated heterocycles. The van der Waals surface area contributed by atoms with E-state index in [9.17, 15) is 9.59 Å². The van der Waals surface area contributed by atoms with Crippen molar-refractivity contribution in [3.8, 4) is 0 Å². The van der Waals surface area contributed by atoms with Crippen molar-refractivity contribution in [3.63, 3.8) is 0 Å². The molecule has 16 heavy (non-hydrogen) atoms. The number of Topliss-reactive ketones (excluding diaryl/α,β-unsaturated/α-hetero) is 1. The van der Waals surface area contributed by atoms with Gasteiger partial charge in [-0.15, -0.1) is 0 Å². The molecule has 2 atom stereocenters. The summed E-state index contributed by atoms with van der Waals surface area (Å²) >= 11 is 0. The molecular weight excluding hydrogens is 206 g/mol. The third kappa shape index (κ3) is 3.22. The van der Waals surface area contributed by atoms with Crippen LogP contribution in [0.5, 0.6) is 0 Å². The van der Waals surface area contributed by atoms with Crippen molar-refractivity contribution >= 4 is 11.9 Å². The lowest BCUT2D eigenvalue weighted by Crippen LogP contribution is -2.49. The molecule has 0 saturated carbocycles. The molecule has 0 spiro atoms. The molecule has 0 aromatic heterocycles. The highest BCUT2D eigenvalue weighted by molar-refractivity contribution is 5.85. The van der Waals surface area contributed by atoms with Crippen LogP contribution in [-0.2, 0) is 9.53 Å². The Bertz CT molecular complexity index is 279. The van der Waals surface area contributed by atoms with Gasteiger partial charge in [-0.05, 0) is 20.8 Å². The highest BCUT2D eigenvalue weighted by atomic mass is 16.6. The van der Waals surface area contributed by atoms with Crippen molar-refractivity contribution in [1.82, 2.24) is 4.90 Å². The van der Waals surface area contributed by atoms with Crippen LogP contribution in [0.4, 0.5) is 4.79 Å². The van der Waals surface area contributed by atoms with Gasteiger partial charge in [0.1, 0.15) is 11.4 Å². The molecule has 4 heteroatoms. The van der Waals surface area contributed by atoms with E-state index in [1.54, 1.807) is 4.90 Å². The molecule has 2 unspecified atom stereocenters. The van der Waals surface area contributed by atoms with Crippen molar-refractivity contribution in [2.45, 2.75) is 40.2 Å². The Hall–Kier alpha value is -1.06. The van der Waals surface area contributed by atoms with Gasteiger partial charge >= 0.3 is 6.09 Å². The molecule has 0 aliphatic carbocycles. The Morgan fingerprint density at radius 1 is 1.25 bits per heavy atom. The number of piperidine rings is 1. The SMILES string of the molecule is CC1CN(C(=O)OC(C)(C)C)CC(C)C1=O. The van der Waals surface area contributed by atoms with E-state index >= 15 is 0 Å². The molecule has 1 fully saturated rings. The fourth-order valence-electron chi connectivity index (χ4n) is 1.88. The number of likely N-dealkylation sites (tertiary alicyclic amines) is 1. The Morgan fingerprint density at radius 2 is 1.69 bits per heavy atom. The Morgan fingerprint density at radius 3 is 2.06 bits per heavy atom. The predicted molar refractivity (Wildman–Crippen MR) is 61.1 cm³/mol. The number of ether oxygens (including phenoxy) is 1. The van der Waals surface area contributed by atoms with Gasteiger partial charge in [0.25, 0.3) is 0 Å².